The molecule has 0 bridgehead atoms. The Morgan fingerprint density at radius 2 is 1.78 bits per heavy atom. The minimum Gasteiger partial charge on any atom is -0.368 e. The number of anilines is 1. The van der Waals surface area contributed by atoms with Gasteiger partial charge in [0.2, 0.25) is 0 Å². The van der Waals surface area contributed by atoms with Crippen LogP contribution in [0.4, 0.5) is 5.69 Å². The van der Waals surface area contributed by atoms with E-state index in [0.717, 1.165) is 45.4 Å². The molecule has 5 nitrogen and oxygen atoms in total. The number of aromatic nitrogens is 2. The Morgan fingerprint density at radius 3 is 2.52 bits per heavy atom. The Hall–Kier alpha value is -2.30. The zero-order valence-electron chi connectivity index (χ0n) is 13.5. The van der Waals surface area contributed by atoms with Crippen molar-refractivity contribution in [1.29, 1.82) is 0 Å². The highest BCUT2D eigenvalue weighted by atomic mass is 16.2. The van der Waals surface area contributed by atoms with Crippen LogP contribution in [0.5, 0.6) is 0 Å². The van der Waals surface area contributed by atoms with E-state index in [4.69, 9.17) is 0 Å². The summed E-state index contributed by atoms with van der Waals surface area (Å²) in [4.78, 5) is 17.1. The zero-order valence-corrected chi connectivity index (χ0v) is 13.5. The van der Waals surface area contributed by atoms with E-state index < -0.39 is 0 Å². The molecule has 2 aliphatic rings. The molecule has 5 heteroatoms. The van der Waals surface area contributed by atoms with Crippen molar-refractivity contribution < 1.29 is 4.79 Å². The lowest BCUT2D eigenvalue weighted by atomic mass is 10.1. The second-order valence-electron chi connectivity index (χ2n) is 6.37. The molecule has 4 rings (SSSR count). The molecule has 1 aliphatic heterocycles. The van der Waals surface area contributed by atoms with Crippen LogP contribution in [0, 0.1) is 0 Å². The summed E-state index contributed by atoms with van der Waals surface area (Å²) < 4.78 is 1.90. The van der Waals surface area contributed by atoms with Gasteiger partial charge in [-0.3, -0.25) is 9.48 Å². The quantitative estimate of drug-likeness (QED) is 0.850. The minimum absolute atomic E-state index is 0.108. The number of hydrogen-bond acceptors (Lipinski definition) is 3. The number of rotatable bonds is 2. The lowest BCUT2D eigenvalue weighted by Gasteiger charge is -2.35. The number of para-hydroxylation sites is 1. The molecule has 1 aromatic heterocycles. The highest BCUT2D eigenvalue weighted by Crippen LogP contribution is 2.26. The Balaban J connectivity index is 1.47. The van der Waals surface area contributed by atoms with Crippen molar-refractivity contribution in [2.45, 2.75) is 19.3 Å². The van der Waals surface area contributed by atoms with Crippen LogP contribution in [0.1, 0.15) is 28.2 Å². The van der Waals surface area contributed by atoms with Crippen molar-refractivity contribution in [2.24, 2.45) is 7.05 Å². The normalized spacial score (nSPS) is 17.4. The molecule has 1 saturated heterocycles. The number of piperazine rings is 1. The first kappa shape index (κ1) is 14.3. The summed E-state index contributed by atoms with van der Waals surface area (Å²) in [6.45, 7) is 3.29. The highest BCUT2D eigenvalue weighted by Gasteiger charge is 2.29. The van der Waals surface area contributed by atoms with E-state index in [2.05, 4.69) is 34.3 Å². The molecule has 0 atom stereocenters. The van der Waals surface area contributed by atoms with Gasteiger partial charge in [-0.15, -0.1) is 0 Å². The molecule has 0 spiro atoms. The number of nitrogens with zero attached hydrogens (tertiary/aromatic N) is 4. The smallest absolute Gasteiger partial charge is 0.274 e. The predicted molar refractivity (Wildman–Crippen MR) is 89.8 cm³/mol. The van der Waals surface area contributed by atoms with Gasteiger partial charge in [-0.25, -0.2) is 0 Å². The lowest BCUT2D eigenvalue weighted by Crippen LogP contribution is -2.49. The van der Waals surface area contributed by atoms with Gasteiger partial charge in [0.15, 0.2) is 5.69 Å². The van der Waals surface area contributed by atoms with Crippen molar-refractivity contribution in [3.05, 3.63) is 47.3 Å². The van der Waals surface area contributed by atoms with Gasteiger partial charge in [0.1, 0.15) is 0 Å². The summed E-state index contributed by atoms with van der Waals surface area (Å²) in [5.74, 6) is 0.108. The Bertz CT molecular complexity index is 714. The van der Waals surface area contributed by atoms with Crippen LogP contribution in [0.3, 0.4) is 0 Å². The Kier molecular flexibility index (Phi) is 3.56. The summed E-state index contributed by atoms with van der Waals surface area (Å²) in [5.41, 5.74) is 4.35. The van der Waals surface area contributed by atoms with E-state index in [9.17, 15) is 4.79 Å². The summed E-state index contributed by atoms with van der Waals surface area (Å²) in [6.07, 6.45) is 3.19. The third kappa shape index (κ3) is 2.50. The fraction of sp³-hybridized carbons (Fsp3) is 0.444. The largest absolute Gasteiger partial charge is 0.368 e. The molecule has 1 aliphatic carbocycles. The van der Waals surface area contributed by atoms with Crippen LogP contribution in [0.15, 0.2) is 30.3 Å². The number of aryl methyl sites for hydroxylation is 1. The predicted octanol–water partition coefficient (Wildman–Crippen LogP) is 1.87. The van der Waals surface area contributed by atoms with Crippen LogP contribution < -0.4 is 4.90 Å². The van der Waals surface area contributed by atoms with Gasteiger partial charge < -0.3 is 9.80 Å². The molecular formula is C18H22N4O. The van der Waals surface area contributed by atoms with Crippen molar-refractivity contribution in [2.75, 3.05) is 31.1 Å². The Morgan fingerprint density at radius 1 is 1.04 bits per heavy atom. The second kappa shape index (κ2) is 5.72. The first-order valence-electron chi connectivity index (χ1n) is 8.38. The highest BCUT2D eigenvalue weighted by molar-refractivity contribution is 5.94. The van der Waals surface area contributed by atoms with Crippen molar-refractivity contribution in [3.63, 3.8) is 0 Å². The van der Waals surface area contributed by atoms with E-state index in [0.29, 0.717) is 5.69 Å². The number of benzene rings is 1. The van der Waals surface area contributed by atoms with Crippen LogP contribution in [0.25, 0.3) is 0 Å². The molecular weight excluding hydrogens is 288 g/mol. The third-order valence-electron chi connectivity index (χ3n) is 5.01. The average molecular weight is 310 g/mol. The molecule has 2 aromatic rings. The van der Waals surface area contributed by atoms with Crippen LogP contribution in [-0.4, -0.2) is 46.8 Å². The maximum absolute atomic E-state index is 12.8. The van der Waals surface area contributed by atoms with Gasteiger partial charge in [0, 0.05) is 50.2 Å². The molecule has 2 heterocycles. The van der Waals surface area contributed by atoms with Crippen molar-refractivity contribution in [1.82, 2.24) is 14.7 Å². The molecule has 0 radical (unpaired) electrons. The number of amides is 1. The molecule has 1 amide bonds. The second-order valence-corrected chi connectivity index (χ2v) is 6.37. The standard InChI is InChI=1S/C18H22N4O/c1-20-16-9-5-8-15(16)17(19-20)18(23)22-12-10-21(11-13-22)14-6-3-2-4-7-14/h2-4,6-7H,5,8-13H2,1H3. The van der Waals surface area contributed by atoms with Crippen LogP contribution >= 0.6 is 0 Å². The molecule has 1 fully saturated rings. The summed E-state index contributed by atoms with van der Waals surface area (Å²) in [5, 5.41) is 4.50. The van der Waals surface area contributed by atoms with Gasteiger partial charge >= 0.3 is 0 Å². The van der Waals surface area contributed by atoms with Gasteiger partial charge in [-0.2, -0.15) is 5.10 Å². The summed E-state index contributed by atoms with van der Waals surface area (Å²) in [6, 6.07) is 10.4. The van der Waals surface area contributed by atoms with E-state index in [1.165, 1.54) is 16.9 Å². The first-order valence-corrected chi connectivity index (χ1v) is 8.38. The lowest BCUT2D eigenvalue weighted by molar-refractivity contribution is 0.0739. The van der Waals surface area contributed by atoms with Gasteiger partial charge in [-0.1, -0.05) is 18.2 Å². The number of fused-ring (bicyclic) bond motifs is 1. The van der Waals surface area contributed by atoms with Crippen LogP contribution in [0.2, 0.25) is 0 Å². The molecule has 120 valence electrons. The number of hydrogen-bond donors (Lipinski definition) is 0. The first-order chi connectivity index (χ1) is 11.2. The zero-order chi connectivity index (χ0) is 15.8. The monoisotopic (exact) mass is 310 g/mol. The van der Waals surface area contributed by atoms with E-state index >= 15 is 0 Å². The fourth-order valence-electron chi connectivity index (χ4n) is 3.74. The van der Waals surface area contributed by atoms with E-state index in [-0.39, 0.29) is 5.91 Å². The molecule has 0 N–H and O–H groups in total. The topological polar surface area (TPSA) is 41.4 Å². The van der Waals surface area contributed by atoms with Crippen LogP contribution in [-0.2, 0) is 19.9 Å². The van der Waals surface area contributed by atoms with Gasteiger partial charge in [0.05, 0.1) is 0 Å². The number of carbonyl (C=O) groups is 1. The summed E-state index contributed by atoms with van der Waals surface area (Å²) >= 11 is 0. The van der Waals surface area contributed by atoms with Gasteiger partial charge in [-0.05, 0) is 31.4 Å². The average Bonchev–Trinajstić information content (AvgIpc) is 3.20. The van der Waals surface area contributed by atoms with E-state index in [1.807, 2.05) is 22.7 Å². The molecule has 23 heavy (non-hydrogen) atoms. The molecule has 0 saturated carbocycles. The van der Waals surface area contributed by atoms with Crippen molar-refractivity contribution in [3.8, 4) is 0 Å². The summed E-state index contributed by atoms with van der Waals surface area (Å²) in [7, 11) is 1.95. The van der Waals surface area contributed by atoms with Crippen molar-refractivity contribution >= 4 is 11.6 Å². The minimum atomic E-state index is 0.108. The number of carbonyl (C=O) groups excluding carboxylic acids is 1. The molecule has 0 unspecified atom stereocenters. The maximum atomic E-state index is 12.8. The van der Waals surface area contributed by atoms with E-state index in [1.54, 1.807) is 0 Å². The maximum Gasteiger partial charge on any atom is 0.274 e. The Labute approximate surface area is 136 Å². The fourth-order valence-corrected chi connectivity index (χ4v) is 3.74. The third-order valence-corrected chi connectivity index (χ3v) is 5.01. The van der Waals surface area contributed by atoms with Gasteiger partial charge in [0.25, 0.3) is 5.91 Å². The SMILES string of the molecule is Cn1nc(C(=O)N2CCN(c3ccccc3)CC2)c2c1CCC2. The molecule has 1 aromatic carbocycles.